The van der Waals surface area contributed by atoms with Crippen molar-refractivity contribution in [2.24, 2.45) is 0 Å². The summed E-state index contributed by atoms with van der Waals surface area (Å²) in [4.78, 5) is 21.8. The zero-order chi connectivity index (χ0) is 18.6. The highest BCUT2D eigenvalue weighted by atomic mass is 35.5. The van der Waals surface area contributed by atoms with E-state index in [4.69, 9.17) is 11.6 Å². The first-order valence-corrected chi connectivity index (χ1v) is 7.20. The first kappa shape index (κ1) is 18.5. The molecule has 0 aliphatic carbocycles. The maximum absolute atomic E-state index is 12.6. The van der Waals surface area contributed by atoms with Gasteiger partial charge in [-0.2, -0.15) is 13.2 Å². The Kier molecular flexibility index (Phi) is 5.48. The van der Waals surface area contributed by atoms with E-state index in [1.807, 2.05) is 0 Å². The molecular formula is C15H11ClF3N3O3. The van der Waals surface area contributed by atoms with Gasteiger partial charge in [-0.05, 0) is 23.8 Å². The Labute approximate surface area is 144 Å². The SMILES string of the molecule is O=C(Cc1ccccc1Cl)NNc1ccc(C(F)(F)F)cc1[N+](=O)[O-]. The fourth-order valence-electron chi connectivity index (χ4n) is 1.96. The molecule has 0 unspecified atom stereocenters. The number of hydrogen-bond acceptors (Lipinski definition) is 4. The van der Waals surface area contributed by atoms with Crippen molar-refractivity contribution in [3.05, 3.63) is 68.7 Å². The van der Waals surface area contributed by atoms with Gasteiger partial charge in [-0.3, -0.25) is 25.8 Å². The van der Waals surface area contributed by atoms with Crippen molar-refractivity contribution in [3.8, 4) is 0 Å². The molecule has 0 radical (unpaired) electrons. The van der Waals surface area contributed by atoms with Gasteiger partial charge in [-0.25, -0.2) is 0 Å². The third-order valence-corrected chi connectivity index (χ3v) is 3.54. The lowest BCUT2D eigenvalue weighted by Gasteiger charge is -2.11. The minimum absolute atomic E-state index is 0.110. The summed E-state index contributed by atoms with van der Waals surface area (Å²) >= 11 is 5.92. The summed E-state index contributed by atoms with van der Waals surface area (Å²) in [6.07, 6.45) is -4.82. The van der Waals surface area contributed by atoms with Crippen LogP contribution in [0.1, 0.15) is 11.1 Å². The summed E-state index contributed by atoms with van der Waals surface area (Å²) in [5, 5.41) is 11.3. The van der Waals surface area contributed by atoms with Gasteiger partial charge in [-0.15, -0.1) is 0 Å². The van der Waals surface area contributed by atoms with Gasteiger partial charge in [0, 0.05) is 11.1 Å². The van der Waals surface area contributed by atoms with Crippen LogP contribution < -0.4 is 10.9 Å². The van der Waals surface area contributed by atoms with E-state index in [-0.39, 0.29) is 12.1 Å². The quantitative estimate of drug-likeness (QED) is 0.614. The van der Waals surface area contributed by atoms with Crippen LogP contribution in [0, 0.1) is 10.1 Å². The van der Waals surface area contributed by atoms with Gasteiger partial charge < -0.3 is 0 Å². The molecule has 0 aliphatic rings. The smallest absolute Gasteiger partial charge is 0.292 e. The highest BCUT2D eigenvalue weighted by molar-refractivity contribution is 6.31. The Hall–Kier alpha value is -2.81. The molecule has 0 aliphatic heterocycles. The Morgan fingerprint density at radius 2 is 1.88 bits per heavy atom. The predicted octanol–water partition coefficient (Wildman–Crippen LogP) is 3.95. The Morgan fingerprint density at radius 3 is 2.48 bits per heavy atom. The molecule has 1 amide bonds. The minimum Gasteiger partial charge on any atom is -0.292 e. The van der Waals surface area contributed by atoms with Gasteiger partial charge in [0.2, 0.25) is 5.91 Å². The standard InChI is InChI=1S/C15H11ClF3N3O3/c16-11-4-2-1-3-9(11)7-14(23)21-20-12-6-5-10(15(17,18)19)8-13(12)22(24)25/h1-6,8,20H,7H2,(H,21,23). The van der Waals surface area contributed by atoms with Crippen LogP contribution in [0.2, 0.25) is 5.02 Å². The Balaban J connectivity index is 2.11. The van der Waals surface area contributed by atoms with E-state index in [1.165, 1.54) is 0 Å². The van der Waals surface area contributed by atoms with E-state index in [0.29, 0.717) is 22.7 Å². The molecule has 132 valence electrons. The molecule has 0 heterocycles. The number of alkyl halides is 3. The lowest BCUT2D eigenvalue weighted by molar-refractivity contribution is -0.384. The number of carbonyl (C=O) groups is 1. The zero-order valence-electron chi connectivity index (χ0n) is 12.4. The molecule has 0 atom stereocenters. The normalized spacial score (nSPS) is 11.0. The molecule has 2 aromatic rings. The lowest BCUT2D eigenvalue weighted by Crippen LogP contribution is -2.31. The number of carbonyl (C=O) groups excluding carboxylic acids is 1. The third kappa shape index (κ3) is 4.83. The predicted molar refractivity (Wildman–Crippen MR) is 85.0 cm³/mol. The van der Waals surface area contributed by atoms with Crippen LogP contribution in [0.5, 0.6) is 0 Å². The number of benzene rings is 2. The molecule has 2 N–H and O–H groups in total. The molecule has 0 saturated carbocycles. The summed E-state index contributed by atoms with van der Waals surface area (Å²) in [5.74, 6) is -0.567. The number of hydrazine groups is 1. The second-order valence-corrected chi connectivity index (χ2v) is 5.34. The van der Waals surface area contributed by atoms with Crippen molar-refractivity contribution in [2.75, 3.05) is 5.43 Å². The van der Waals surface area contributed by atoms with E-state index < -0.39 is 28.3 Å². The molecule has 6 nitrogen and oxygen atoms in total. The molecule has 25 heavy (non-hydrogen) atoms. The van der Waals surface area contributed by atoms with Crippen LogP contribution in [0.4, 0.5) is 24.5 Å². The molecule has 0 fully saturated rings. The first-order chi connectivity index (χ1) is 11.7. The van der Waals surface area contributed by atoms with Gasteiger partial charge in [-0.1, -0.05) is 29.8 Å². The van der Waals surface area contributed by atoms with Crippen molar-refractivity contribution < 1.29 is 22.9 Å². The van der Waals surface area contributed by atoms with E-state index in [2.05, 4.69) is 10.9 Å². The summed E-state index contributed by atoms with van der Waals surface area (Å²) in [5.41, 5.74) is 2.74. The molecule has 0 aromatic heterocycles. The van der Waals surface area contributed by atoms with Crippen LogP contribution in [0.15, 0.2) is 42.5 Å². The van der Waals surface area contributed by atoms with E-state index in [0.717, 1.165) is 6.07 Å². The molecule has 2 aromatic carbocycles. The third-order valence-electron chi connectivity index (χ3n) is 3.17. The van der Waals surface area contributed by atoms with E-state index >= 15 is 0 Å². The van der Waals surface area contributed by atoms with E-state index in [1.54, 1.807) is 24.3 Å². The first-order valence-electron chi connectivity index (χ1n) is 6.82. The maximum Gasteiger partial charge on any atom is 0.416 e. The van der Waals surface area contributed by atoms with Crippen LogP contribution in [0.25, 0.3) is 0 Å². The van der Waals surface area contributed by atoms with Crippen molar-refractivity contribution in [2.45, 2.75) is 12.6 Å². The number of amides is 1. The monoisotopic (exact) mass is 373 g/mol. The number of nitro groups is 1. The highest BCUT2D eigenvalue weighted by Crippen LogP contribution is 2.34. The number of nitrogens with zero attached hydrogens (tertiary/aromatic N) is 1. The van der Waals surface area contributed by atoms with Crippen molar-refractivity contribution in [1.82, 2.24) is 5.43 Å². The molecule has 2 rings (SSSR count). The van der Waals surface area contributed by atoms with Gasteiger partial charge in [0.15, 0.2) is 0 Å². The molecular weight excluding hydrogens is 363 g/mol. The van der Waals surface area contributed by atoms with Crippen LogP contribution in [-0.4, -0.2) is 10.8 Å². The number of rotatable bonds is 5. The average Bonchev–Trinajstić information content (AvgIpc) is 2.54. The zero-order valence-corrected chi connectivity index (χ0v) is 13.2. The molecule has 0 saturated heterocycles. The summed E-state index contributed by atoms with van der Waals surface area (Å²) in [7, 11) is 0. The number of nitrogens with one attached hydrogen (secondary N) is 2. The largest absolute Gasteiger partial charge is 0.416 e. The van der Waals surface area contributed by atoms with Crippen molar-refractivity contribution in [1.29, 1.82) is 0 Å². The number of hydrogen-bond donors (Lipinski definition) is 2. The maximum atomic E-state index is 12.6. The van der Waals surface area contributed by atoms with Crippen LogP contribution >= 0.6 is 11.6 Å². The Bertz CT molecular complexity index is 812. The van der Waals surface area contributed by atoms with Crippen LogP contribution in [-0.2, 0) is 17.4 Å². The summed E-state index contributed by atoms with van der Waals surface area (Å²) < 4.78 is 37.9. The molecule has 10 heteroatoms. The van der Waals surface area contributed by atoms with Crippen molar-refractivity contribution >= 4 is 28.9 Å². The molecule has 0 spiro atoms. The second kappa shape index (κ2) is 7.39. The van der Waals surface area contributed by atoms with E-state index in [9.17, 15) is 28.1 Å². The van der Waals surface area contributed by atoms with Gasteiger partial charge in [0.1, 0.15) is 5.69 Å². The minimum atomic E-state index is -4.71. The summed E-state index contributed by atoms with van der Waals surface area (Å²) in [6.45, 7) is 0. The number of nitro benzene ring substituents is 1. The highest BCUT2D eigenvalue weighted by Gasteiger charge is 2.33. The topological polar surface area (TPSA) is 84.3 Å². The fraction of sp³-hybridized carbons (Fsp3) is 0.133. The second-order valence-electron chi connectivity index (χ2n) is 4.93. The number of halogens is 4. The molecule has 0 bridgehead atoms. The van der Waals surface area contributed by atoms with Gasteiger partial charge in [0.05, 0.1) is 16.9 Å². The van der Waals surface area contributed by atoms with Crippen LogP contribution in [0.3, 0.4) is 0 Å². The van der Waals surface area contributed by atoms with Crippen molar-refractivity contribution in [3.63, 3.8) is 0 Å². The number of anilines is 1. The average molecular weight is 374 g/mol. The van der Waals surface area contributed by atoms with Gasteiger partial charge in [0.25, 0.3) is 5.69 Å². The lowest BCUT2D eigenvalue weighted by atomic mass is 10.1. The van der Waals surface area contributed by atoms with Gasteiger partial charge >= 0.3 is 6.18 Å². The summed E-state index contributed by atoms with van der Waals surface area (Å²) in [6, 6.07) is 8.53. The Morgan fingerprint density at radius 1 is 1.20 bits per heavy atom. The fourth-order valence-corrected chi connectivity index (χ4v) is 2.16.